The Hall–Kier alpha value is -3.72. The van der Waals surface area contributed by atoms with E-state index in [0.717, 1.165) is 19.0 Å². The maximum absolute atomic E-state index is 14.0. The minimum absolute atomic E-state index is 0.0129. The molecule has 232 valence electrons. The third-order valence-corrected chi connectivity index (χ3v) is 8.47. The highest BCUT2D eigenvalue weighted by atomic mass is 19.3. The summed E-state index contributed by atoms with van der Waals surface area (Å²) in [6.45, 7) is 0. The van der Waals surface area contributed by atoms with Gasteiger partial charge in [0.05, 0.1) is 24.1 Å². The van der Waals surface area contributed by atoms with Gasteiger partial charge in [-0.25, -0.2) is 40.5 Å². The Bertz CT molecular complexity index is 1490. The fourth-order valence-electron chi connectivity index (χ4n) is 5.96. The minimum Gasteiger partial charge on any atom is -0.343 e. The van der Waals surface area contributed by atoms with Gasteiger partial charge in [-0.1, -0.05) is 5.16 Å². The summed E-state index contributed by atoms with van der Waals surface area (Å²) in [6, 6.07) is -1.29. The van der Waals surface area contributed by atoms with Crippen LogP contribution < -0.4 is 10.6 Å². The Balaban J connectivity index is 1.23. The van der Waals surface area contributed by atoms with Gasteiger partial charge in [0.15, 0.2) is 11.3 Å². The van der Waals surface area contributed by atoms with E-state index >= 15 is 0 Å². The molecule has 3 aromatic rings. The predicted octanol–water partition coefficient (Wildman–Crippen LogP) is 5.14. The van der Waals surface area contributed by atoms with E-state index in [9.17, 15) is 35.9 Å². The smallest absolute Gasteiger partial charge is 0.276 e. The number of halogens is 6. The zero-order valence-electron chi connectivity index (χ0n) is 22.8. The first-order chi connectivity index (χ1) is 20.4. The van der Waals surface area contributed by atoms with Crippen LogP contribution in [0.25, 0.3) is 5.65 Å². The lowest BCUT2D eigenvalue weighted by Gasteiger charge is -2.34. The molecule has 6 rings (SSSR count). The van der Waals surface area contributed by atoms with E-state index in [1.165, 1.54) is 16.8 Å². The molecule has 2 N–H and O–H groups in total. The molecule has 0 unspecified atom stereocenters. The van der Waals surface area contributed by atoms with Gasteiger partial charge in [-0.15, -0.1) is 0 Å². The van der Waals surface area contributed by atoms with Crippen LogP contribution in [0.15, 0.2) is 23.1 Å². The molecule has 0 bridgehead atoms. The Morgan fingerprint density at radius 3 is 2.40 bits per heavy atom. The summed E-state index contributed by atoms with van der Waals surface area (Å²) < 4.78 is 88.2. The quantitative estimate of drug-likeness (QED) is 0.303. The molecule has 2 amide bonds. The molecular formula is C27H29F6N7O3. The summed E-state index contributed by atoms with van der Waals surface area (Å²) in [4.78, 5) is 30.1. The summed E-state index contributed by atoms with van der Waals surface area (Å²) in [5.41, 5.74) is 0.778. The molecular weight excluding hydrogens is 584 g/mol. The Labute approximate surface area is 240 Å². The van der Waals surface area contributed by atoms with Crippen LogP contribution in [0.2, 0.25) is 0 Å². The second-order valence-corrected chi connectivity index (χ2v) is 11.9. The van der Waals surface area contributed by atoms with Gasteiger partial charge >= 0.3 is 0 Å². The van der Waals surface area contributed by atoms with Crippen LogP contribution in [-0.4, -0.2) is 55.0 Å². The molecule has 3 aromatic heterocycles. The summed E-state index contributed by atoms with van der Waals surface area (Å²) >= 11 is 0. The SMILES string of the molecule is O=C(CC1CC(F)(F)C1)N[C@H](c1cnn2cc([C@@H](NC(=O)c3nonc3C3CC3)C3CCC(F)(F)CC3)nc2c1)C(F)F. The number of alkyl halides is 6. The average molecular weight is 614 g/mol. The van der Waals surface area contributed by atoms with Gasteiger partial charge in [-0.05, 0) is 48.7 Å². The second kappa shape index (κ2) is 11.1. The lowest BCUT2D eigenvalue weighted by Crippen LogP contribution is -2.40. The van der Waals surface area contributed by atoms with Crippen LogP contribution in [0.3, 0.4) is 0 Å². The van der Waals surface area contributed by atoms with Crippen LogP contribution in [0, 0.1) is 11.8 Å². The van der Waals surface area contributed by atoms with E-state index in [1.54, 1.807) is 0 Å². The number of nitrogens with one attached hydrogen (secondary N) is 2. The summed E-state index contributed by atoms with van der Waals surface area (Å²) in [7, 11) is 0. The van der Waals surface area contributed by atoms with Crippen molar-refractivity contribution < 1.29 is 40.6 Å². The highest BCUT2D eigenvalue weighted by Gasteiger charge is 2.46. The van der Waals surface area contributed by atoms with Gasteiger partial charge in [0.1, 0.15) is 11.7 Å². The second-order valence-electron chi connectivity index (χ2n) is 11.9. The highest BCUT2D eigenvalue weighted by Crippen LogP contribution is 2.45. The van der Waals surface area contributed by atoms with Gasteiger partial charge in [0, 0.05) is 43.6 Å². The minimum atomic E-state index is -3.03. The summed E-state index contributed by atoms with van der Waals surface area (Å²) in [6.07, 6.45) is -0.500. The fraction of sp³-hybridized carbons (Fsp3) is 0.630. The normalized spacial score (nSPS) is 21.8. The number of carbonyl (C=O) groups is 2. The van der Waals surface area contributed by atoms with Crippen molar-refractivity contribution in [1.29, 1.82) is 0 Å². The molecule has 0 aromatic carbocycles. The molecule has 0 radical (unpaired) electrons. The maximum Gasteiger partial charge on any atom is 0.276 e. The monoisotopic (exact) mass is 613 g/mol. The molecule has 2 atom stereocenters. The number of fused-ring (bicyclic) bond motifs is 1. The van der Waals surface area contributed by atoms with Crippen molar-refractivity contribution in [2.45, 2.75) is 94.1 Å². The Kier molecular flexibility index (Phi) is 7.57. The molecule has 3 fully saturated rings. The molecule has 16 heteroatoms. The molecule has 0 saturated heterocycles. The molecule has 3 aliphatic rings. The number of imidazole rings is 1. The first-order valence-corrected chi connectivity index (χ1v) is 14.2. The van der Waals surface area contributed by atoms with Crippen molar-refractivity contribution in [3.63, 3.8) is 0 Å². The van der Waals surface area contributed by atoms with Crippen molar-refractivity contribution in [2.75, 3.05) is 0 Å². The lowest BCUT2D eigenvalue weighted by molar-refractivity contribution is -0.135. The Morgan fingerprint density at radius 1 is 1.02 bits per heavy atom. The van der Waals surface area contributed by atoms with E-state index in [2.05, 4.69) is 31.0 Å². The molecule has 0 aliphatic heterocycles. The largest absolute Gasteiger partial charge is 0.343 e. The van der Waals surface area contributed by atoms with Crippen LogP contribution in [0.1, 0.15) is 103 Å². The topological polar surface area (TPSA) is 127 Å². The van der Waals surface area contributed by atoms with Crippen LogP contribution in [0.5, 0.6) is 0 Å². The number of hydrogen-bond acceptors (Lipinski definition) is 7. The summed E-state index contributed by atoms with van der Waals surface area (Å²) in [5, 5.41) is 16.8. The summed E-state index contributed by atoms with van der Waals surface area (Å²) in [5.74, 6) is -7.95. The van der Waals surface area contributed by atoms with Crippen molar-refractivity contribution in [1.82, 2.24) is 35.5 Å². The molecule has 10 nitrogen and oxygen atoms in total. The van der Waals surface area contributed by atoms with E-state index in [1.807, 2.05) is 0 Å². The van der Waals surface area contributed by atoms with E-state index in [-0.39, 0.29) is 60.6 Å². The van der Waals surface area contributed by atoms with Gasteiger partial charge in [-0.2, -0.15) is 5.10 Å². The fourth-order valence-corrected chi connectivity index (χ4v) is 5.96. The third-order valence-electron chi connectivity index (χ3n) is 8.47. The maximum atomic E-state index is 14.0. The number of hydrogen-bond donors (Lipinski definition) is 2. The van der Waals surface area contributed by atoms with Gasteiger partial charge in [0.25, 0.3) is 12.3 Å². The highest BCUT2D eigenvalue weighted by molar-refractivity contribution is 5.93. The van der Waals surface area contributed by atoms with Crippen molar-refractivity contribution in [3.8, 4) is 0 Å². The van der Waals surface area contributed by atoms with Gasteiger partial charge < -0.3 is 10.6 Å². The van der Waals surface area contributed by atoms with Crippen LogP contribution in [-0.2, 0) is 4.79 Å². The third kappa shape index (κ3) is 6.47. The predicted molar refractivity (Wildman–Crippen MR) is 136 cm³/mol. The van der Waals surface area contributed by atoms with Gasteiger partial charge in [0.2, 0.25) is 17.8 Å². The average Bonchev–Trinajstić information content (AvgIpc) is 3.48. The van der Waals surface area contributed by atoms with Crippen LogP contribution >= 0.6 is 0 Å². The Morgan fingerprint density at radius 2 is 1.74 bits per heavy atom. The number of rotatable bonds is 10. The van der Waals surface area contributed by atoms with Crippen molar-refractivity contribution in [3.05, 3.63) is 41.1 Å². The van der Waals surface area contributed by atoms with Crippen molar-refractivity contribution in [2.24, 2.45) is 11.8 Å². The number of amides is 2. The van der Waals surface area contributed by atoms with Gasteiger partial charge in [-0.3, -0.25) is 9.59 Å². The van der Waals surface area contributed by atoms with Crippen molar-refractivity contribution >= 4 is 17.5 Å². The van der Waals surface area contributed by atoms with E-state index < -0.39 is 66.8 Å². The molecule has 3 aliphatic carbocycles. The van der Waals surface area contributed by atoms with E-state index in [4.69, 9.17) is 4.63 Å². The molecule has 0 spiro atoms. The molecule has 3 saturated carbocycles. The first kappa shape index (κ1) is 29.4. The molecule has 3 heterocycles. The number of aromatic nitrogens is 5. The first-order valence-electron chi connectivity index (χ1n) is 14.2. The number of carbonyl (C=O) groups excluding carboxylic acids is 2. The standard InChI is InChI=1S/C27H29F6N7O3/c28-24(29)22(36-19(41)7-13-9-27(32,33)10-13)16-8-18-35-17(12-40(18)34-11-16)20(15-3-5-26(30,31)6-4-15)37-25(42)23-21(14-1-2-14)38-43-39-23/h8,11-15,20,22,24H,1-7,9-10H2,(H,36,41)(H,37,42)/t20-,22+/m0/s1. The zero-order chi connectivity index (χ0) is 30.5. The molecule has 43 heavy (non-hydrogen) atoms. The van der Waals surface area contributed by atoms with Crippen LogP contribution in [0.4, 0.5) is 26.3 Å². The van der Waals surface area contributed by atoms with E-state index in [0.29, 0.717) is 5.69 Å². The number of nitrogens with zero attached hydrogens (tertiary/aromatic N) is 5. The lowest BCUT2D eigenvalue weighted by atomic mass is 9.79. The zero-order valence-corrected chi connectivity index (χ0v) is 22.8.